The first-order valence-electron chi connectivity index (χ1n) is 5.58. The van der Waals surface area contributed by atoms with E-state index in [-0.39, 0.29) is 6.07 Å². The van der Waals surface area contributed by atoms with Crippen molar-refractivity contribution in [2.45, 2.75) is 19.4 Å². The quantitative estimate of drug-likeness (QED) is 0.641. The van der Waals surface area contributed by atoms with Crippen LogP contribution >= 0.6 is 0 Å². The van der Waals surface area contributed by atoms with Crippen LogP contribution in [0.25, 0.3) is 0 Å². The number of hydrogen-bond donors (Lipinski definition) is 1. The average Bonchev–Trinajstić information content (AvgIpc) is 2.38. The minimum atomic E-state index is -1.66. The Bertz CT molecular complexity index is 449. The van der Waals surface area contributed by atoms with E-state index < -0.39 is 47.5 Å². The molecule has 1 aromatic rings. The van der Waals surface area contributed by atoms with Crippen molar-refractivity contribution in [3.8, 4) is 5.75 Å². The minimum Gasteiger partial charge on any atom is -0.479 e. The van der Waals surface area contributed by atoms with Crippen LogP contribution in [0.15, 0.2) is 6.07 Å². The smallest absolute Gasteiger partial charge is 0.203 e. The number of ether oxygens (including phenoxy) is 1. The molecule has 0 aliphatic heterocycles. The topological polar surface area (TPSA) is 38.3 Å². The number of halogens is 4. The van der Waals surface area contributed by atoms with E-state index in [1.807, 2.05) is 0 Å². The SMILES string of the molecule is CC[C@H](NC)C(=O)COc1c(F)c(F)cc(F)c1F. The summed E-state index contributed by atoms with van der Waals surface area (Å²) >= 11 is 0. The Morgan fingerprint density at radius 3 is 2.21 bits per heavy atom. The van der Waals surface area contributed by atoms with E-state index in [9.17, 15) is 22.4 Å². The van der Waals surface area contributed by atoms with Crippen molar-refractivity contribution in [1.29, 1.82) is 0 Å². The molecule has 1 aromatic carbocycles. The molecule has 0 fully saturated rings. The molecule has 0 unspecified atom stereocenters. The fourth-order valence-electron chi connectivity index (χ4n) is 1.51. The Morgan fingerprint density at radius 1 is 1.26 bits per heavy atom. The van der Waals surface area contributed by atoms with Crippen molar-refractivity contribution >= 4 is 5.78 Å². The van der Waals surface area contributed by atoms with Gasteiger partial charge in [0.1, 0.15) is 6.61 Å². The number of hydrogen-bond acceptors (Lipinski definition) is 3. The molecular weight excluding hydrogens is 266 g/mol. The number of nitrogens with one attached hydrogen (secondary N) is 1. The molecule has 1 rings (SSSR count). The molecular formula is C12H13F4NO2. The molecule has 0 aliphatic carbocycles. The van der Waals surface area contributed by atoms with Crippen LogP contribution in [0.5, 0.6) is 5.75 Å². The summed E-state index contributed by atoms with van der Waals surface area (Å²) in [6, 6.07) is -0.480. The summed E-state index contributed by atoms with van der Waals surface area (Å²) in [6.45, 7) is 1.04. The highest BCUT2D eigenvalue weighted by molar-refractivity contribution is 5.85. The molecule has 1 atom stereocenters. The molecule has 0 saturated heterocycles. The Hall–Kier alpha value is -1.63. The Labute approximate surface area is 107 Å². The van der Waals surface area contributed by atoms with E-state index in [1.165, 1.54) is 7.05 Å². The summed E-state index contributed by atoms with van der Waals surface area (Å²) in [5.74, 6) is -8.19. The zero-order valence-electron chi connectivity index (χ0n) is 10.4. The largest absolute Gasteiger partial charge is 0.479 e. The van der Waals surface area contributed by atoms with Crippen LogP contribution in [0.4, 0.5) is 17.6 Å². The molecule has 0 amide bonds. The molecule has 0 aliphatic rings. The second kappa shape index (κ2) is 6.51. The Kier molecular flexibility index (Phi) is 5.29. The van der Waals surface area contributed by atoms with Crippen LogP contribution in [0.2, 0.25) is 0 Å². The summed E-state index contributed by atoms with van der Waals surface area (Å²) in [5, 5.41) is 2.67. The van der Waals surface area contributed by atoms with Gasteiger partial charge in [-0.2, -0.15) is 8.78 Å². The first-order valence-corrected chi connectivity index (χ1v) is 5.58. The van der Waals surface area contributed by atoms with Gasteiger partial charge in [-0.25, -0.2) is 8.78 Å². The van der Waals surface area contributed by atoms with Gasteiger partial charge in [-0.05, 0) is 13.5 Å². The third kappa shape index (κ3) is 3.44. The van der Waals surface area contributed by atoms with Crippen LogP contribution in [0, 0.1) is 23.3 Å². The van der Waals surface area contributed by atoms with Gasteiger partial charge in [0, 0.05) is 6.07 Å². The molecule has 0 bridgehead atoms. The molecule has 7 heteroatoms. The minimum absolute atomic E-state index is 0.0712. The molecule has 0 heterocycles. The number of benzene rings is 1. The highest BCUT2D eigenvalue weighted by Gasteiger charge is 2.22. The number of carbonyl (C=O) groups is 1. The fourth-order valence-corrected chi connectivity index (χ4v) is 1.51. The molecule has 0 aromatic heterocycles. The normalized spacial score (nSPS) is 12.3. The maximum Gasteiger partial charge on any atom is 0.203 e. The third-order valence-corrected chi connectivity index (χ3v) is 2.58. The van der Waals surface area contributed by atoms with Gasteiger partial charge in [-0.1, -0.05) is 6.92 Å². The number of rotatable bonds is 6. The van der Waals surface area contributed by atoms with Crippen molar-refractivity contribution in [2.75, 3.05) is 13.7 Å². The molecule has 0 saturated carbocycles. The summed E-state index contributed by atoms with van der Waals surface area (Å²) in [4.78, 5) is 11.6. The van der Waals surface area contributed by atoms with Crippen molar-refractivity contribution in [3.05, 3.63) is 29.3 Å². The van der Waals surface area contributed by atoms with Gasteiger partial charge >= 0.3 is 0 Å². The molecule has 0 radical (unpaired) electrons. The second-order valence-electron chi connectivity index (χ2n) is 3.80. The van der Waals surface area contributed by atoms with Crippen LogP contribution < -0.4 is 10.1 Å². The molecule has 3 nitrogen and oxygen atoms in total. The summed E-state index contributed by atoms with van der Waals surface area (Å²) in [7, 11) is 1.54. The van der Waals surface area contributed by atoms with Crippen molar-refractivity contribution in [2.24, 2.45) is 0 Å². The van der Waals surface area contributed by atoms with E-state index in [0.29, 0.717) is 6.42 Å². The monoisotopic (exact) mass is 279 g/mol. The summed E-state index contributed by atoms with van der Waals surface area (Å²) in [6.07, 6.45) is 0.446. The first-order chi connectivity index (χ1) is 8.92. The Morgan fingerprint density at radius 2 is 1.79 bits per heavy atom. The van der Waals surface area contributed by atoms with Gasteiger partial charge in [-0.3, -0.25) is 4.79 Å². The molecule has 106 valence electrons. The van der Waals surface area contributed by atoms with E-state index in [0.717, 1.165) is 0 Å². The first kappa shape index (κ1) is 15.4. The van der Waals surface area contributed by atoms with Crippen LogP contribution in [0.1, 0.15) is 13.3 Å². The predicted octanol–water partition coefficient (Wildman–Crippen LogP) is 2.19. The summed E-state index contributed by atoms with van der Waals surface area (Å²) in [5.41, 5.74) is 0. The predicted molar refractivity (Wildman–Crippen MR) is 59.9 cm³/mol. The maximum absolute atomic E-state index is 13.2. The van der Waals surface area contributed by atoms with Gasteiger partial charge in [0.15, 0.2) is 23.2 Å². The molecule has 0 spiro atoms. The molecule has 19 heavy (non-hydrogen) atoms. The fraction of sp³-hybridized carbons (Fsp3) is 0.417. The van der Waals surface area contributed by atoms with Crippen molar-refractivity contribution < 1.29 is 27.1 Å². The van der Waals surface area contributed by atoms with Crippen molar-refractivity contribution in [1.82, 2.24) is 5.32 Å². The number of Topliss-reactive ketones (excluding diaryl/α,β-unsaturated/α-hetero) is 1. The molecule has 1 N–H and O–H groups in total. The van der Waals surface area contributed by atoms with Gasteiger partial charge in [0.05, 0.1) is 6.04 Å². The van der Waals surface area contributed by atoms with E-state index in [2.05, 4.69) is 10.1 Å². The van der Waals surface area contributed by atoms with E-state index >= 15 is 0 Å². The zero-order chi connectivity index (χ0) is 14.6. The third-order valence-electron chi connectivity index (χ3n) is 2.58. The zero-order valence-corrected chi connectivity index (χ0v) is 10.4. The van der Waals surface area contributed by atoms with E-state index in [1.54, 1.807) is 6.92 Å². The van der Waals surface area contributed by atoms with Gasteiger partial charge < -0.3 is 10.1 Å². The average molecular weight is 279 g/mol. The highest BCUT2D eigenvalue weighted by Crippen LogP contribution is 2.26. The second-order valence-corrected chi connectivity index (χ2v) is 3.80. The van der Waals surface area contributed by atoms with Crippen molar-refractivity contribution in [3.63, 3.8) is 0 Å². The number of ketones is 1. The van der Waals surface area contributed by atoms with E-state index in [4.69, 9.17) is 0 Å². The number of likely N-dealkylation sites (N-methyl/N-ethyl adjacent to an activating group) is 1. The lowest BCUT2D eigenvalue weighted by Gasteiger charge is -2.14. The highest BCUT2D eigenvalue weighted by atomic mass is 19.2. The lowest BCUT2D eigenvalue weighted by Crippen LogP contribution is -2.36. The maximum atomic E-state index is 13.2. The van der Waals surface area contributed by atoms with Crippen LogP contribution in [-0.2, 0) is 4.79 Å². The van der Waals surface area contributed by atoms with Crippen LogP contribution in [0.3, 0.4) is 0 Å². The van der Waals surface area contributed by atoms with Gasteiger partial charge in [0.25, 0.3) is 0 Å². The van der Waals surface area contributed by atoms with Crippen LogP contribution in [-0.4, -0.2) is 25.5 Å². The Balaban J connectivity index is 2.87. The lowest BCUT2D eigenvalue weighted by atomic mass is 10.1. The lowest BCUT2D eigenvalue weighted by molar-refractivity contribution is -0.123. The standard InChI is InChI=1S/C12H13F4NO2/c1-3-8(17-2)9(18)5-19-12-10(15)6(13)4-7(14)11(12)16/h4,8,17H,3,5H2,1-2H3/t8-/m0/s1. The van der Waals surface area contributed by atoms with Gasteiger partial charge in [0.2, 0.25) is 11.6 Å². The number of carbonyl (C=O) groups excluding carboxylic acids is 1. The van der Waals surface area contributed by atoms with Gasteiger partial charge in [-0.15, -0.1) is 0 Å². The summed E-state index contributed by atoms with van der Waals surface area (Å²) < 4.78 is 56.8.